The van der Waals surface area contributed by atoms with Crippen LogP contribution in [0.25, 0.3) is 0 Å². The van der Waals surface area contributed by atoms with Crippen LogP contribution in [0.5, 0.6) is 0 Å². The zero-order chi connectivity index (χ0) is 11.9. The van der Waals surface area contributed by atoms with E-state index >= 15 is 0 Å². The van der Waals surface area contributed by atoms with E-state index < -0.39 is 0 Å². The van der Waals surface area contributed by atoms with E-state index in [4.69, 9.17) is 0 Å². The van der Waals surface area contributed by atoms with E-state index in [1.54, 1.807) is 30.9 Å². The quantitative estimate of drug-likeness (QED) is 0.714. The number of nitrogens with zero attached hydrogens (tertiary/aromatic N) is 1. The number of aryl methyl sites for hydroxylation is 2. The maximum atomic E-state index is 13.5. The smallest absolute Gasteiger partial charge is 0.229 e. The summed E-state index contributed by atoms with van der Waals surface area (Å²) in [4.78, 5) is 13.6. The normalized spacial score (nSPS) is 20.6. The molecule has 0 N–H and O–H groups in total. The third kappa shape index (κ3) is 1.70. The molecule has 1 fully saturated rings. The van der Waals surface area contributed by atoms with Gasteiger partial charge in [0.1, 0.15) is 5.82 Å². The molecular formula is C13H16FNO. The van der Waals surface area contributed by atoms with Crippen LogP contribution in [0.1, 0.15) is 24.5 Å². The SMILES string of the molecule is Cc1cc(N2CCC(C)C2=O)cc(C)c1F. The summed E-state index contributed by atoms with van der Waals surface area (Å²) < 4.78 is 13.5. The Morgan fingerprint density at radius 3 is 2.31 bits per heavy atom. The molecule has 0 bridgehead atoms. The van der Waals surface area contributed by atoms with Crippen molar-refractivity contribution in [3.05, 3.63) is 29.1 Å². The van der Waals surface area contributed by atoms with E-state index in [0.29, 0.717) is 11.1 Å². The van der Waals surface area contributed by atoms with E-state index in [-0.39, 0.29) is 17.6 Å². The minimum Gasteiger partial charge on any atom is -0.312 e. The Hall–Kier alpha value is -1.38. The van der Waals surface area contributed by atoms with Crippen molar-refractivity contribution in [2.75, 3.05) is 11.4 Å². The number of halogens is 1. The summed E-state index contributed by atoms with van der Waals surface area (Å²) in [5, 5.41) is 0. The molecule has 1 aliphatic rings. The van der Waals surface area contributed by atoms with E-state index in [1.807, 2.05) is 6.92 Å². The standard InChI is InChI=1S/C13H16FNO/c1-8-4-5-15(13(8)16)11-6-9(2)12(14)10(3)7-11/h6-8H,4-5H2,1-3H3. The van der Waals surface area contributed by atoms with Gasteiger partial charge in [0.05, 0.1) is 0 Å². The first-order chi connectivity index (χ1) is 7.50. The molecule has 3 heteroatoms. The first-order valence-electron chi connectivity index (χ1n) is 5.59. The molecule has 86 valence electrons. The van der Waals surface area contributed by atoms with Gasteiger partial charge in [-0.15, -0.1) is 0 Å². The van der Waals surface area contributed by atoms with Crippen molar-refractivity contribution in [1.82, 2.24) is 0 Å². The van der Waals surface area contributed by atoms with E-state index in [0.717, 1.165) is 18.7 Å². The second-order valence-electron chi connectivity index (χ2n) is 4.57. The molecular weight excluding hydrogens is 205 g/mol. The molecule has 1 aromatic carbocycles. The van der Waals surface area contributed by atoms with Gasteiger partial charge in [-0.1, -0.05) is 6.92 Å². The molecule has 1 unspecified atom stereocenters. The van der Waals surface area contributed by atoms with Gasteiger partial charge in [-0.05, 0) is 43.5 Å². The summed E-state index contributed by atoms with van der Waals surface area (Å²) >= 11 is 0. The average Bonchev–Trinajstić information content (AvgIpc) is 2.56. The lowest BCUT2D eigenvalue weighted by Gasteiger charge is -2.18. The molecule has 1 heterocycles. The van der Waals surface area contributed by atoms with E-state index in [1.165, 1.54) is 0 Å². The van der Waals surface area contributed by atoms with Gasteiger partial charge in [0, 0.05) is 18.2 Å². The second kappa shape index (κ2) is 3.89. The number of amides is 1. The number of anilines is 1. The van der Waals surface area contributed by atoms with E-state index in [2.05, 4.69) is 0 Å². The van der Waals surface area contributed by atoms with Gasteiger partial charge in [0.15, 0.2) is 0 Å². The zero-order valence-electron chi connectivity index (χ0n) is 9.88. The van der Waals surface area contributed by atoms with Crippen molar-refractivity contribution in [2.24, 2.45) is 5.92 Å². The Morgan fingerprint density at radius 1 is 1.31 bits per heavy atom. The van der Waals surface area contributed by atoms with Gasteiger partial charge < -0.3 is 4.90 Å². The molecule has 1 aliphatic heterocycles. The second-order valence-corrected chi connectivity index (χ2v) is 4.57. The minimum atomic E-state index is -0.177. The number of rotatable bonds is 1. The molecule has 1 atom stereocenters. The summed E-state index contributed by atoms with van der Waals surface area (Å²) in [6.45, 7) is 6.14. The monoisotopic (exact) mass is 221 g/mol. The summed E-state index contributed by atoms with van der Waals surface area (Å²) in [5.74, 6) is 0.0551. The first kappa shape index (κ1) is 11.1. The van der Waals surface area contributed by atoms with Gasteiger partial charge in [-0.25, -0.2) is 4.39 Å². The molecule has 1 aromatic rings. The minimum absolute atomic E-state index is 0.0886. The molecule has 16 heavy (non-hydrogen) atoms. The molecule has 0 aliphatic carbocycles. The molecule has 0 saturated carbocycles. The molecule has 1 amide bonds. The zero-order valence-corrected chi connectivity index (χ0v) is 9.88. The fourth-order valence-corrected chi connectivity index (χ4v) is 2.16. The fourth-order valence-electron chi connectivity index (χ4n) is 2.16. The molecule has 1 saturated heterocycles. The van der Waals surface area contributed by atoms with Crippen molar-refractivity contribution in [3.8, 4) is 0 Å². The molecule has 0 aromatic heterocycles. The van der Waals surface area contributed by atoms with Crippen LogP contribution < -0.4 is 4.90 Å². The predicted molar refractivity (Wildman–Crippen MR) is 62.0 cm³/mol. The van der Waals surface area contributed by atoms with Gasteiger partial charge in [0.2, 0.25) is 5.91 Å². The van der Waals surface area contributed by atoms with Crippen LogP contribution in [0, 0.1) is 25.6 Å². The van der Waals surface area contributed by atoms with Gasteiger partial charge in [0.25, 0.3) is 0 Å². The molecule has 0 spiro atoms. The van der Waals surface area contributed by atoms with Gasteiger partial charge in [-0.2, -0.15) is 0 Å². The summed E-state index contributed by atoms with van der Waals surface area (Å²) in [6, 6.07) is 3.50. The summed E-state index contributed by atoms with van der Waals surface area (Å²) in [5.41, 5.74) is 2.02. The van der Waals surface area contributed by atoms with Crippen LogP contribution in [0.3, 0.4) is 0 Å². The van der Waals surface area contributed by atoms with Crippen LogP contribution in [0.4, 0.5) is 10.1 Å². The van der Waals surface area contributed by atoms with Crippen molar-refractivity contribution >= 4 is 11.6 Å². The predicted octanol–water partition coefficient (Wildman–Crippen LogP) is 2.82. The molecule has 2 nitrogen and oxygen atoms in total. The Kier molecular flexibility index (Phi) is 2.70. The van der Waals surface area contributed by atoms with Crippen molar-refractivity contribution in [2.45, 2.75) is 27.2 Å². The number of hydrogen-bond acceptors (Lipinski definition) is 1. The number of carbonyl (C=O) groups is 1. The lowest BCUT2D eigenvalue weighted by Crippen LogP contribution is -2.26. The van der Waals surface area contributed by atoms with Crippen LogP contribution in [0.2, 0.25) is 0 Å². The Bertz CT molecular complexity index is 419. The highest BCUT2D eigenvalue weighted by Gasteiger charge is 2.29. The van der Waals surface area contributed by atoms with Crippen LogP contribution in [-0.4, -0.2) is 12.5 Å². The van der Waals surface area contributed by atoms with Crippen LogP contribution >= 0.6 is 0 Å². The topological polar surface area (TPSA) is 20.3 Å². The maximum absolute atomic E-state index is 13.5. The average molecular weight is 221 g/mol. The number of carbonyl (C=O) groups excluding carboxylic acids is 1. The summed E-state index contributed by atoms with van der Waals surface area (Å²) in [7, 11) is 0. The Labute approximate surface area is 95.1 Å². The molecule has 2 rings (SSSR count). The lowest BCUT2D eigenvalue weighted by atomic mass is 10.1. The third-order valence-corrected chi connectivity index (χ3v) is 3.21. The van der Waals surface area contributed by atoms with Crippen molar-refractivity contribution in [3.63, 3.8) is 0 Å². The highest BCUT2D eigenvalue weighted by molar-refractivity contribution is 5.97. The maximum Gasteiger partial charge on any atom is 0.229 e. The van der Waals surface area contributed by atoms with Crippen molar-refractivity contribution in [1.29, 1.82) is 0 Å². The van der Waals surface area contributed by atoms with Gasteiger partial charge >= 0.3 is 0 Å². The number of hydrogen-bond donors (Lipinski definition) is 0. The highest BCUT2D eigenvalue weighted by Crippen LogP contribution is 2.27. The number of benzene rings is 1. The third-order valence-electron chi connectivity index (χ3n) is 3.21. The Balaban J connectivity index is 2.39. The lowest BCUT2D eigenvalue weighted by molar-refractivity contribution is -0.119. The van der Waals surface area contributed by atoms with E-state index in [9.17, 15) is 9.18 Å². The van der Waals surface area contributed by atoms with Gasteiger partial charge in [-0.3, -0.25) is 4.79 Å². The first-order valence-corrected chi connectivity index (χ1v) is 5.59. The summed E-state index contributed by atoms with van der Waals surface area (Å²) in [6.07, 6.45) is 0.883. The van der Waals surface area contributed by atoms with Crippen molar-refractivity contribution < 1.29 is 9.18 Å². The highest BCUT2D eigenvalue weighted by atomic mass is 19.1. The Morgan fingerprint density at radius 2 is 1.88 bits per heavy atom. The largest absolute Gasteiger partial charge is 0.312 e. The van der Waals surface area contributed by atoms with Crippen LogP contribution in [0.15, 0.2) is 12.1 Å². The fraction of sp³-hybridized carbons (Fsp3) is 0.462. The molecule has 0 radical (unpaired) electrons. The van der Waals surface area contributed by atoms with Crippen LogP contribution in [-0.2, 0) is 4.79 Å².